The SMILES string of the molecule is CC(CSCc1ccco1)C(=O)NN. The number of nitrogens with two attached hydrogens (primary N) is 1. The maximum atomic E-state index is 11.0. The van der Waals surface area contributed by atoms with Crippen molar-refractivity contribution >= 4 is 17.7 Å². The number of carbonyl (C=O) groups excluding carboxylic acids is 1. The van der Waals surface area contributed by atoms with Crippen molar-refractivity contribution in [1.82, 2.24) is 5.43 Å². The van der Waals surface area contributed by atoms with E-state index in [-0.39, 0.29) is 11.8 Å². The largest absolute Gasteiger partial charge is 0.468 e. The second kappa shape index (κ2) is 5.72. The summed E-state index contributed by atoms with van der Waals surface area (Å²) < 4.78 is 5.16. The quantitative estimate of drug-likeness (QED) is 0.438. The molecule has 0 aromatic carbocycles. The molecular formula is C9H14N2O2S. The van der Waals surface area contributed by atoms with Gasteiger partial charge < -0.3 is 4.42 Å². The highest BCUT2D eigenvalue weighted by Gasteiger charge is 2.11. The molecule has 1 rings (SSSR count). The normalized spacial score (nSPS) is 12.4. The first-order valence-corrected chi connectivity index (χ1v) is 5.50. The average Bonchev–Trinajstić information content (AvgIpc) is 2.69. The van der Waals surface area contributed by atoms with Gasteiger partial charge in [-0.05, 0) is 12.1 Å². The summed E-state index contributed by atoms with van der Waals surface area (Å²) in [5.41, 5.74) is 2.13. The molecule has 0 aliphatic heterocycles. The van der Waals surface area contributed by atoms with E-state index in [0.717, 1.165) is 17.3 Å². The third kappa shape index (κ3) is 3.43. The van der Waals surface area contributed by atoms with E-state index in [2.05, 4.69) is 5.43 Å². The highest BCUT2D eigenvalue weighted by molar-refractivity contribution is 7.98. The lowest BCUT2D eigenvalue weighted by Crippen LogP contribution is -2.35. The Bertz CT molecular complexity index is 274. The second-order valence-electron chi connectivity index (χ2n) is 3.00. The van der Waals surface area contributed by atoms with Gasteiger partial charge in [0.2, 0.25) is 5.91 Å². The summed E-state index contributed by atoms with van der Waals surface area (Å²) in [4.78, 5) is 11.0. The van der Waals surface area contributed by atoms with E-state index in [1.54, 1.807) is 18.0 Å². The van der Waals surface area contributed by atoms with E-state index in [1.165, 1.54) is 0 Å². The van der Waals surface area contributed by atoms with Crippen LogP contribution in [0.2, 0.25) is 0 Å². The van der Waals surface area contributed by atoms with Crippen LogP contribution in [0.1, 0.15) is 12.7 Å². The second-order valence-corrected chi connectivity index (χ2v) is 4.03. The zero-order chi connectivity index (χ0) is 10.4. The molecule has 78 valence electrons. The molecule has 3 N–H and O–H groups in total. The molecule has 1 amide bonds. The maximum absolute atomic E-state index is 11.0. The monoisotopic (exact) mass is 214 g/mol. The number of amides is 1. The molecule has 0 aliphatic rings. The van der Waals surface area contributed by atoms with Crippen LogP contribution in [0.3, 0.4) is 0 Å². The van der Waals surface area contributed by atoms with E-state index < -0.39 is 0 Å². The highest BCUT2D eigenvalue weighted by atomic mass is 32.2. The Morgan fingerprint density at radius 2 is 2.57 bits per heavy atom. The van der Waals surface area contributed by atoms with E-state index >= 15 is 0 Å². The van der Waals surface area contributed by atoms with Crippen LogP contribution in [-0.4, -0.2) is 11.7 Å². The van der Waals surface area contributed by atoms with Gasteiger partial charge in [-0.3, -0.25) is 10.2 Å². The summed E-state index contributed by atoms with van der Waals surface area (Å²) in [6.07, 6.45) is 1.64. The zero-order valence-corrected chi connectivity index (χ0v) is 8.84. The number of thioether (sulfide) groups is 1. The number of rotatable bonds is 5. The Balaban J connectivity index is 2.18. The van der Waals surface area contributed by atoms with Crippen molar-refractivity contribution in [1.29, 1.82) is 0 Å². The average molecular weight is 214 g/mol. The van der Waals surface area contributed by atoms with Crippen molar-refractivity contribution < 1.29 is 9.21 Å². The van der Waals surface area contributed by atoms with Gasteiger partial charge in [0.25, 0.3) is 0 Å². The third-order valence-electron chi connectivity index (χ3n) is 1.78. The third-order valence-corrected chi connectivity index (χ3v) is 3.01. The zero-order valence-electron chi connectivity index (χ0n) is 8.03. The van der Waals surface area contributed by atoms with E-state index in [1.807, 2.05) is 19.1 Å². The number of nitrogens with one attached hydrogen (secondary N) is 1. The molecule has 4 nitrogen and oxygen atoms in total. The first kappa shape index (κ1) is 11.1. The van der Waals surface area contributed by atoms with Gasteiger partial charge in [0.15, 0.2) is 0 Å². The minimum absolute atomic E-state index is 0.0695. The fourth-order valence-corrected chi connectivity index (χ4v) is 1.94. The molecule has 0 radical (unpaired) electrons. The van der Waals surface area contributed by atoms with Crippen LogP contribution in [0, 0.1) is 5.92 Å². The molecule has 1 aromatic rings. The molecule has 5 heteroatoms. The Kier molecular flexibility index (Phi) is 4.55. The van der Waals surface area contributed by atoms with Crippen molar-refractivity contribution in [2.45, 2.75) is 12.7 Å². The molecule has 0 saturated heterocycles. The highest BCUT2D eigenvalue weighted by Crippen LogP contribution is 2.15. The first-order valence-electron chi connectivity index (χ1n) is 4.34. The van der Waals surface area contributed by atoms with Crippen LogP contribution in [0.4, 0.5) is 0 Å². The lowest BCUT2D eigenvalue weighted by molar-refractivity contribution is -0.123. The van der Waals surface area contributed by atoms with Gasteiger partial charge in [-0.15, -0.1) is 0 Å². The summed E-state index contributed by atoms with van der Waals surface area (Å²) in [5.74, 6) is 7.27. The fourth-order valence-electron chi connectivity index (χ4n) is 0.949. The van der Waals surface area contributed by atoms with Gasteiger partial charge >= 0.3 is 0 Å². The van der Waals surface area contributed by atoms with Gasteiger partial charge in [-0.1, -0.05) is 6.92 Å². The number of hydrazine groups is 1. The van der Waals surface area contributed by atoms with Gasteiger partial charge in [0.1, 0.15) is 5.76 Å². The van der Waals surface area contributed by atoms with Crippen molar-refractivity contribution in [3.8, 4) is 0 Å². The number of hydrogen-bond acceptors (Lipinski definition) is 4. The van der Waals surface area contributed by atoms with Crippen molar-refractivity contribution in [3.05, 3.63) is 24.2 Å². The molecule has 0 fully saturated rings. The molecule has 0 aliphatic carbocycles. The topological polar surface area (TPSA) is 68.3 Å². The summed E-state index contributed by atoms with van der Waals surface area (Å²) in [5, 5.41) is 0. The Morgan fingerprint density at radius 3 is 3.14 bits per heavy atom. The smallest absolute Gasteiger partial charge is 0.237 e. The molecule has 1 unspecified atom stereocenters. The predicted octanol–water partition coefficient (Wildman–Crippen LogP) is 1.14. The Hall–Kier alpha value is -0.940. The number of furan rings is 1. The molecule has 14 heavy (non-hydrogen) atoms. The van der Waals surface area contributed by atoms with Gasteiger partial charge in [0.05, 0.1) is 12.0 Å². The molecule has 0 saturated carbocycles. The predicted molar refractivity (Wildman–Crippen MR) is 56.4 cm³/mol. The summed E-state index contributed by atoms with van der Waals surface area (Å²) >= 11 is 1.65. The first-order chi connectivity index (χ1) is 6.74. The van der Waals surface area contributed by atoms with Crippen LogP contribution in [0.25, 0.3) is 0 Å². The molecule has 0 bridgehead atoms. The fraction of sp³-hybridized carbons (Fsp3) is 0.444. The summed E-state index contributed by atoms with van der Waals surface area (Å²) in [6, 6.07) is 3.77. The molecule has 1 heterocycles. The van der Waals surface area contributed by atoms with Crippen LogP contribution >= 0.6 is 11.8 Å². The van der Waals surface area contributed by atoms with E-state index in [9.17, 15) is 4.79 Å². The van der Waals surface area contributed by atoms with Crippen LogP contribution in [0.5, 0.6) is 0 Å². The van der Waals surface area contributed by atoms with Crippen molar-refractivity contribution in [2.24, 2.45) is 11.8 Å². The van der Waals surface area contributed by atoms with Gasteiger partial charge in [-0.2, -0.15) is 11.8 Å². The minimum Gasteiger partial charge on any atom is -0.468 e. The lowest BCUT2D eigenvalue weighted by atomic mass is 10.2. The summed E-state index contributed by atoms with van der Waals surface area (Å²) in [7, 11) is 0. The van der Waals surface area contributed by atoms with Crippen LogP contribution in [0.15, 0.2) is 22.8 Å². The minimum atomic E-state index is -0.128. The Morgan fingerprint density at radius 1 is 1.79 bits per heavy atom. The van der Waals surface area contributed by atoms with E-state index in [0.29, 0.717) is 0 Å². The van der Waals surface area contributed by atoms with Crippen molar-refractivity contribution in [3.63, 3.8) is 0 Å². The molecule has 1 aromatic heterocycles. The summed E-state index contributed by atoms with van der Waals surface area (Å²) in [6.45, 7) is 1.84. The van der Waals surface area contributed by atoms with E-state index in [4.69, 9.17) is 10.3 Å². The van der Waals surface area contributed by atoms with Crippen LogP contribution in [-0.2, 0) is 10.5 Å². The molecular weight excluding hydrogens is 200 g/mol. The van der Waals surface area contributed by atoms with Gasteiger partial charge in [-0.25, -0.2) is 5.84 Å². The van der Waals surface area contributed by atoms with Gasteiger partial charge in [0, 0.05) is 11.7 Å². The van der Waals surface area contributed by atoms with Crippen molar-refractivity contribution in [2.75, 3.05) is 5.75 Å². The molecule has 1 atom stereocenters. The lowest BCUT2D eigenvalue weighted by Gasteiger charge is -2.07. The maximum Gasteiger partial charge on any atom is 0.237 e. The Labute approximate surface area is 87.2 Å². The number of hydrogen-bond donors (Lipinski definition) is 2. The molecule has 0 spiro atoms. The standard InChI is InChI=1S/C9H14N2O2S/c1-7(9(12)11-10)5-14-6-8-3-2-4-13-8/h2-4,7H,5-6,10H2,1H3,(H,11,12). The number of carbonyl (C=O) groups is 1. The van der Waals surface area contributed by atoms with Crippen LogP contribution < -0.4 is 11.3 Å².